The monoisotopic (exact) mass is 174 g/mol. The maximum atomic E-state index is 9.73. The van der Waals surface area contributed by atoms with Crippen LogP contribution in [0.4, 0.5) is 0 Å². The molecule has 0 aromatic rings. The molecule has 0 spiro atoms. The van der Waals surface area contributed by atoms with Crippen molar-refractivity contribution < 1.29 is 61.3 Å². The summed E-state index contributed by atoms with van der Waals surface area (Å²) < 4.78 is 0. The first-order valence-corrected chi connectivity index (χ1v) is 2.90. The Hall–Kier alpha value is 1.40. The molecule has 0 fully saturated rings. The Labute approximate surface area is 102 Å². The predicted molar refractivity (Wildman–Crippen MR) is 29.6 cm³/mol. The maximum absolute atomic E-state index is 9.73. The second-order valence-corrected chi connectivity index (χ2v) is 2.44. The van der Waals surface area contributed by atoms with Gasteiger partial charge in [-0.1, -0.05) is 0 Å². The first kappa shape index (κ1) is 13.0. The summed E-state index contributed by atoms with van der Waals surface area (Å²) in [6.07, 6.45) is 0.550. The third-order valence-corrected chi connectivity index (χ3v) is 0.964. The maximum Gasteiger partial charge on any atom is 1.00 e. The molecule has 0 radical (unpaired) electrons. The Morgan fingerprint density at radius 3 is 2.33 bits per heavy atom. The number of carbonyl (C=O) groups excluding carboxylic acids is 1. The fourth-order valence-corrected chi connectivity index (χ4v) is 0.426. The van der Waals surface area contributed by atoms with Crippen LogP contribution in [-0.2, 0) is 4.79 Å². The molecule has 2 nitrogen and oxygen atoms in total. The molecule has 0 aromatic carbocycles. The van der Waals surface area contributed by atoms with Gasteiger partial charge in [-0.05, 0) is 19.8 Å². The van der Waals surface area contributed by atoms with E-state index in [0.717, 1.165) is 0 Å². The van der Waals surface area contributed by atoms with Crippen LogP contribution < -0.4 is 56.5 Å². The van der Waals surface area contributed by atoms with Gasteiger partial charge in [0, 0.05) is 11.3 Å². The summed E-state index contributed by atoms with van der Waals surface area (Å²) in [5.74, 6) is -1.03. The zero-order chi connectivity index (χ0) is 6.57. The van der Waals surface area contributed by atoms with Crippen molar-refractivity contribution in [3.8, 4) is 0 Å². The van der Waals surface area contributed by atoms with Crippen molar-refractivity contribution in [2.45, 2.75) is 25.1 Å². The first-order chi connectivity index (χ1) is 3.63. The van der Waals surface area contributed by atoms with Crippen molar-refractivity contribution in [2.75, 3.05) is 0 Å². The Balaban J connectivity index is 0. The molecule has 0 aliphatic heterocycles. The summed E-state index contributed by atoms with van der Waals surface area (Å²) in [7, 11) is 0. The molecule has 0 heterocycles. The van der Waals surface area contributed by atoms with E-state index >= 15 is 0 Å². The zero-order valence-electron chi connectivity index (χ0n) is 5.69. The molecule has 1 unspecified atom stereocenters. The summed E-state index contributed by atoms with van der Waals surface area (Å²) in [6, 6.07) is 0. The second-order valence-electron chi connectivity index (χ2n) is 1.69. The number of hydrogen-bond acceptors (Lipinski definition) is 2. The van der Waals surface area contributed by atoms with E-state index in [0.29, 0.717) is 6.42 Å². The Morgan fingerprint density at radius 1 is 1.78 bits per heavy atom. The van der Waals surface area contributed by atoms with Crippen molar-refractivity contribution in [3.63, 3.8) is 0 Å². The number of aliphatic carboxylic acids is 1. The molecule has 9 heavy (non-hydrogen) atoms. The first-order valence-electron chi connectivity index (χ1n) is 2.47. The average molecular weight is 175 g/mol. The van der Waals surface area contributed by atoms with Gasteiger partial charge in [0.05, 0.1) is 0 Å². The van der Waals surface area contributed by atoms with Crippen LogP contribution in [0.3, 0.4) is 0 Å². The minimum absolute atomic E-state index is 0. The van der Waals surface area contributed by atoms with Crippen LogP contribution >= 0.6 is 11.6 Å². The average Bonchev–Trinajstić information content (AvgIpc) is 1.61. The molecule has 1 atom stereocenters. The standard InChI is InChI=1S/C5H9ClO2.K/c1-4(6)2-3-5(7)8;/h4H,2-3H2,1H3,(H,7,8);/q;+1/p-1. The molecular weight excluding hydrogens is 167 g/mol. The van der Waals surface area contributed by atoms with Gasteiger partial charge in [-0.3, -0.25) is 0 Å². The van der Waals surface area contributed by atoms with Crippen molar-refractivity contribution >= 4 is 17.6 Å². The summed E-state index contributed by atoms with van der Waals surface area (Å²) >= 11 is 5.43. The van der Waals surface area contributed by atoms with Gasteiger partial charge in [0.2, 0.25) is 0 Å². The SMILES string of the molecule is CC(Cl)CCC(=O)[O-].[K+]. The van der Waals surface area contributed by atoms with Crippen LogP contribution in [-0.4, -0.2) is 11.3 Å². The summed E-state index contributed by atoms with van der Waals surface area (Å²) in [6.45, 7) is 1.75. The second kappa shape index (κ2) is 7.50. The van der Waals surface area contributed by atoms with Gasteiger partial charge in [-0.15, -0.1) is 11.6 Å². The van der Waals surface area contributed by atoms with Crippen molar-refractivity contribution in [1.82, 2.24) is 0 Å². The van der Waals surface area contributed by atoms with Crippen LogP contribution in [0.25, 0.3) is 0 Å². The van der Waals surface area contributed by atoms with Crippen molar-refractivity contribution in [3.05, 3.63) is 0 Å². The van der Waals surface area contributed by atoms with Crippen LogP contribution in [0.1, 0.15) is 19.8 Å². The van der Waals surface area contributed by atoms with Gasteiger partial charge >= 0.3 is 51.4 Å². The molecular formula is C5H8ClKO2. The third-order valence-electron chi connectivity index (χ3n) is 0.746. The van der Waals surface area contributed by atoms with E-state index in [1.165, 1.54) is 0 Å². The smallest absolute Gasteiger partial charge is 0.550 e. The van der Waals surface area contributed by atoms with E-state index in [1.807, 2.05) is 0 Å². The van der Waals surface area contributed by atoms with Gasteiger partial charge < -0.3 is 9.90 Å². The number of carboxylic acids is 1. The van der Waals surface area contributed by atoms with Crippen molar-refractivity contribution in [1.29, 1.82) is 0 Å². The molecule has 0 aliphatic carbocycles. The molecule has 4 heteroatoms. The molecule has 0 N–H and O–H groups in total. The molecule has 0 saturated carbocycles. The molecule has 0 aromatic heterocycles. The number of halogens is 1. The van der Waals surface area contributed by atoms with Gasteiger partial charge in [0.1, 0.15) is 0 Å². The number of carboxylic acid groups (broad SMARTS) is 1. The van der Waals surface area contributed by atoms with Gasteiger partial charge in [0.15, 0.2) is 0 Å². The summed E-state index contributed by atoms with van der Waals surface area (Å²) in [5.41, 5.74) is 0. The quantitative estimate of drug-likeness (QED) is 0.342. The minimum atomic E-state index is -1.03. The van der Waals surface area contributed by atoms with Crippen LogP contribution in [0.2, 0.25) is 0 Å². The van der Waals surface area contributed by atoms with E-state index < -0.39 is 5.97 Å². The third kappa shape index (κ3) is 12.6. The Kier molecular flexibility index (Phi) is 10.9. The Bertz CT molecular complexity index is 85.0. The van der Waals surface area contributed by atoms with E-state index in [4.69, 9.17) is 11.6 Å². The van der Waals surface area contributed by atoms with Crippen LogP contribution in [0.15, 0.2) is 0 Å². The number of hydrogen-bond donors (Lipinski definition) is 0. The molecule has 0 bridgehead atoms. The normalized spacial score (nSPS) is 11.8. The minimum Gasteiger partial charge on any atom is -0.550 e. The zero-order valence-corrected chi connectivity index (χ0v) is 9.57. The van der Waals surface area contributed by atoms with Gasteiger partial charge in [-0.25, -0.2) is 0 Å². The van der Waals surface area contributed by atoms with E-state index in [2.05, 4.69) is 0 Å². The Morgan fingerprint density at radius 2 is 2.22 bits per heavy atom. The number of carbonyl (C=O) groups is 1. The molecule has 0 aliphatic rings. The molecule has 0 rings (SSSR count). The van der Waals surface area contributed by atoms with Crippen LogP contribution in [0, 0.1) is 0 Å². The van der Waals surface area contributed by atoms with Gasteiger partial charge in [-0.2, -0.15) is 0 Å². The molecule has 0 saturated heterocycles. The van der Waals surface area contributed by atoms with E-state index in [1.54, 1.807) is 6.92 Å². The van der Waals surface area contributed by atoms with Gasteiger partial charge in [0.25, 0.3) is 0 Å². The predicted octanol–water partition coefficient (Wildman–Crippen LogP) is -2.85. The molecule has 48 valence electrons. The number of rotatable bonds is 3. The number of alkyl halides is 1. The summed E-state index contributed by atoms with van der Waals surface area (Å²) in [5, 5.41) is 9.67. The molecule has 0 amide bonds. The fraction of sp³-hybridized carbons (Fsp3) is 0.800. The topological polar surface area (TPSA) is 40.1 Å². The van der Waals surface area contributed by atoms with E-state index in [9.17, 15) is 9.90 Å². The fourth-order valence-electron chi connectivity index (χ4n) is 0.317. The largest absolute Gasteiger partial charge is 1.00 e. The summed E-state index contributed by atoms with van der Waals surface area (Å²) in [4.78, 5) is 9.73. The van der Waals surface area contributed by atoms with Crippen molar-refractivity contribution in [2.24, 2.45) is 0 Å². The van der Waals surface area contributed by atoms with Crippen LogP contribution in [0.5, 0.6) is 0 Å². The van der Waals surface area contributed by atoms with E-state index in [-0.39, 0.29) is 63.2 Å².